The molecule has 3 amide bonds. The van der Waals surface area contributed by atoms with E-state index in [-0.39, 0.29) is 17.9 Å². The number of nitrogens with one attached hydrogen (secondary N) is 2. The highest BCUT2D eigenvalue weighted by atomic mass is 16.2. The maximum absolute atomic E-state index is 12.7. The second-order valence-corrected chi connectivity index (χ2v) is 8.87. The smallest absolute Gasteiger partial charge is 0.321 e. The van der Waals surface area contributed by atoms with Crippen molar-refractivity contribution >= 4 is 17.6 Å². The Morgan fingerprint density at radius 1 is 0.938 bits per heavy atom. The Morgan fingerprint density at radius 2 is 1.75 bits per heavy atom. The molecule has 0 radical (unpaired) electrons. The number of piperidine rings is 1. The van der Waals surface area contributed by atoms with Crippen molar-refractivity contribution in [2.45, 2.75) is 38.0 Å². The number of carbonyl (C=O) groups is 2. The highest BCUT2D eigenvalue weighted by molar-refractivity contribution is 5.94. The fourth-order valence-corrected chi connectivity index (χ4v) is 4.70. The van der Waals surface area contributed by atoms with Gasteiger partial charge in [-0.3, -0.25) is 4.79 Å². The summed E-state index contributed by atoms with van der Waals surface area (Å²) in [6, 6.07) is 17.4. The normalized spacial score (nSPS) is 19.0. The Morgan fingerprint density at radius 3 is 2.56 bits per heavy atom. The zero-order valence-electron chi connectivity index (χ0n) is 18.8. The van der Waals surface area contributed by atoms with E-state index in [2.05, 4.69) is 21.6 Å². The standard InChI is InChI=1S/C26H34N4O2/c31-25(27-14-8-17-29-15-4-5-16-29)22-10-6-9-21(19-22)23-11-7-18-30(20-23)26(32)28-24-12-2-1-3-13-24/h1-3,6,9-10,12-13,19,23H,4-5,7-8,11,14-18,20H2,(H,27,31)(H,28,32)/t23-/m1/s1. The van der Waals surface area contributed by atoms with E-state index in [1.807, 2.05) is 53.4 Å². The number of amides is 3. The SMILES string of the molecule is O=C(NCCCN1CCCC1)c1cccc([C@@H]2CCCN(C(=O)Nc3ccccc3)C2)c1. The number of likely N-dealkylation sites (tertiary alicyclic amines) is 2. The molecule has 2 aliphatic heterocycles. The van der Waals surface area contributed by atoms with Gasteiger partial charge in [0.2, 0.25) is 0 Å². The lowest BCUT2D eigenvalue weighted by atomic mass is 9.89. The molecule has 0 spiro atoms. The summed E-state index contributed by atoms with van der Waals surface area (Å²) >= 11 is 0. The lowest BCUT2D eigenvalue weighted by molar-refractivity contribution is 0.0951. The molecule has 170 valence electrons. The molecular weight excluding hydrogens is 400 g/mol. The molecule has 6 nitrogen and oxygen atoms in total. The van der Waals surface area contributed by atoms with Gasteiger partial charge in [0, 0.05) is 36.8 Å². The van der Waals surface area contributed by atoms with Crippen molar-refractivity contribution in [1.82, 2.24) is 15.1 Å². The van der Waals surface area contributed by atoms with Crippen LogP contribution in [0.4, 0.5) is 10.5 Å². The number of hydrogen-bond acceptors (Lipinski definition) is 3. The van der Waals surface area contributed by atoms with Crippen LogP contribution in [-0.2, 0) is 0 Å². The largest absolute Gasteiger partial charge is 0.352 e. The summed E-state index contributed by atoms with van der Waals surface area (Å²) in [5.41, 5.74) is 2.64. The lowest BCUT2D eigenvalue weighted by Crippen LogP contribution is -2.41. The van der Waals surface area contributed by atoms with Crippen molar-refractivity contribution in [2.75, 3.05) is 44.6 Å². The number of carbonyl (C=O) groups excluding carboxylic acids is 2. The van der Waals surface area contributed by atoms with Crippen LogP contribution in [0.3, 0.4) is 0 Å². The molecule has 0 aliphatic carbocycles. The molecule has 6 heteroatoms. The van der Waals surface area contributed by atoms with Crippen LogP contribution in [0.2, 0.25) is 0 Å². The van der Waals surface area contributed by atoms with Crippen LogP contribution in [-0.4, -0.2) is 61.0 Å². The van der Waals surface area contributed by atoms with E-state index in [4.69, 9.17) is 0 Å². The van der Waals surface area contributed by atoms with E-state index in [9.17, 15) is 9.59 Å². The van der Waals surface area contributed by atoms with E-state index in [1.54, 1.807) is 0 Å². The molecule has 32 heavy (non-hydrogen) atoms. The highest BCUT2D eigenvalue weighted by Gasteiger charge is 2.25. The molecule has 0 saturated carbocycles. The molecule has 1 atom stereocenters. The van der Waals surface area contributed by atoms with Crippen molar-refractivity contribution in [3.63, 3.8) is 0 Å². The average molecular weight is 435 g/mol. The van der Waals surface area contributed by atoms with Gasteiger partial charge >= 0.3 is 6.03 Å². The average Bonchev–Trinajstić information content (AvgIpc) is 3.36. The second-order valence-electron chi connectivity index (χ2n) is 8.87. The minimum atomic E-state index is -0.0622. The first-order chi connectivity index (χ1) is 15.7. The third-order valence-electron chi connectivity index (χ3n) is 6.49. The number of anilines is 1. The Labute approximate surface area is 191 Å². The summed E-state index contributed by atoms with van der Waals surface area (Å²) in [6.45, 7) is 5.57. The van der Waals surface area contributed by atoms with E-state index >= 15 is 0 Å². The zero-order valence-corrected chi connectivity index (χ0v) is 18.8. The van der Waals surface area contributed by atoms with Gasteiger partial charge in [-0.2, -0.15) is 0 Å². The lowest BCUT2D eigenvalue weighted by Gasteiger charge is -2.33. The first kappa shape index (κ1) is 22.3. The summed E-state index contributed by atoms with van der Waals surface area (Å²) in [5.74, 6) is 0.232. The molecule has 2 saturated heterocycles. The van der Waals surface area contributed by atoms with Gasteiger partial charge < -0.3 is 20.4 Å². The maximum Gasteiger partial charge on any atom is 0.321 e. The second kappa shape index (κ2) is 11.1. The number of rotatable bonds is 7. The van der Waals surface area contributed by atoms with Crippen LogP contribution >= 0.6 is 0 Å². The molecule has 2 aliphatic rings. The number of benzene rings is 2. The van der Waals surface area contributed by atoms with E-state index in [0.29, 0.717) is 18.7 Å². The van der Waals surface area contributed by atoms with Crippen LogP contribution in [0.1, 0.15) is 53.9 Å². The fourth-order valence-electron chi connectivity index (χ4n) is 4.70. The number of hydrogen-bond donors (Lipinski definition) is 2. The summed E-state index contributed by atoms with van der Waals surface area (Å²) in [4.78, 5) is 29.7. The van der Waals surface area contributed by atoms with Crippen LogP contribution in [0.25, 0.3) is 0 Å². The molecule has 2 aromatic carbocycles. The van der Waals surface area contributed by atoms with Crippen LogP contribution in [0.15, 0.2) is 54.6 Å². The molecule has 2 aromatic rings. The molecule has 0 aromatic heterocycles. The Balaban J connectivity index is 1.29. The van der Waals surface area contributed by atoms with Gasteiger partial charge in [-0.05, 0) is 81.6 Å². The topological polar surface area (TPSA) is 64.7 Å². The van der Waals surface area contributed by atoms with Crippen LogP contribution < -0.4 is 10.6 Å². The van der Waals surface area contributed by atoms with Crippen molar-refractivity contribution in [3.8, 4) is 0 Å². The summed E-state index contributed by atoms with van der Waals surface area (Å²) in [5, 5.41) is 6.05. The third kappa shape index (κ3) is 6.10. The third-order valence-corrected chi connectivity index (χ3v) is 6.49. The summed E-state index contributed by atoms with van der Waals surface area (Å²) in [6.07, 6.45) is 5.56. The van der Waals surface area contributed by atoms with Gasteiger partial charge in [0.15, 0.2) is 0 Å². The predicted octanol–water partition coefficient (Wildman–Crippen LogP) is 4.31. The van der Waals surface area contributed by atoms with Crippen molar-refractivity contribution in [2.24, 2.45) is 0 Å². The molecular formula is C26H34N4O2. The van der Waals surface area contributed by atoms with Crippen LogP contribution in [0, 0.1) is 0 Å². The first-order valence-electron chi connectivity index (χ1n) is 11.9. The van der Waals surface area contributed by atoms with Crippen molar-refractivity contribution in [1.29, 1.82) is 0 Å². The van der Waals surface area contributed by atoms with Gasteiger partial charge in [-0.1, -0.05) is 30.3 Å². The van der Waals surface area contributed by atoms with Crippen molar-refractivity contribution < 1.29 is 9.59 Å². The van der Waals surface area contributed by atoms with Gasteiger partial charge in [-0.15, -0.1) is 0 Å². The quantitative estimate of drug-likeness (QED) is 0.638. The predicted molar refractivity (Wildman–Crippen MR) is 128 cm³/mol. The molecule has 0 unspecified atom stereocenters. The number of urea groups is 1. The molecule has 2 heterocycles. The van der Waals surface area contributed by atoms with Gasteiger partial charge in [0.05, 0.1) is 0 Å². The van der Waals surface area contributed by atoms with Crippen molar-refractivity contribution in [3.05, 3.63) is 65.7 Å². The molecule has 2 fully saturated rings. The fraction of sp³-hybridized carbons (Fsp3) is 0.462. The number of nitrogens with zero attached hydrogens (tertiary/aromatic N) is 2. The monoisotopic (exact) mass is 434 g/mol. The maximum atomic E-state index is 12.7. The Kier molecular flexibility index (Phi) is 7.77. The van der Waals surface area contributed by atoms with E-state index in [1.165, 1.54) is 25.9 Å². The minimum Gasteiger partial charge on any atom is -0.352 e. The summed E-state index contributed by atoms with van der Waals surface area (Å²) < 4.78 is 0. The van der Waals surface area contributed by atoms with Gasteiger partial charge in [-0.25, -0.2) is 4.79 Å². The zero-order chi connectivity index (χ0) is 22.2. The highest BCUT2D eigenvalue weighted by Crippen LogP contribution is 2.28. The van der Waals surface area contributed by atoms with Gasteiger partial charge in [0.1, 0.15) is 0 Å². The minimum absolute atomic E-state index is 0.0113. The van der Waals surface area contributed by atoms with E-state index < -0.39 is 0 Å². The molecule has 4 rings (SSSR count). The Bertz CT molecular complexity index is 896. The Hall–Kier alpha value is -2.86. The molecule has 0 bridgehead atoms. The van der Waals surface area contributed by atoms with E-state index in [0.717, 1.165) is 43.6 Å². The van der Waals surface area contributed by atoms with Gasteiger partial charge in [0.25, 0.3) is 5.91 Å². The first-order valence-corrected chi connectivity index (χ1v) is 11.9. The van der Waals surface area contributed by atoms with Crippen LogP contribution in [0.5, 0.6) is 0 Å². The summed E-state index contributed by atoms with van der Waals surface area (Å²) in [7, 11) is 0. The number of para-hydroxylation sites is 1. The molecule has 2 N–H and O–H groups in total.